The van der Waals surface area contributed by atoms with Crippen LogP contribution in [0.2, 0.25) is 0 Å². The minimum Gasteiger partial charge on any atom is -0.271 e. The van der Waals surface area contributed by atoms with Crippen molar-refractivity contribution >= 4 is 0 Å². The van der Waals surface area contributed by atoms with E-state index in [1.807, 2.05) is 0 Å². The Balaban J connectivity index is 2.33. The first-order chi connectivity index (χ1) is 8.30. The molecule has 0 amide bonds. The summed E-state index contributed by atoms with van der Waals surface area (Å²) in [6.45, 7) is 4.60. The summed E-state index contributed by atoms with van der Waals surface area (Å²) in [7, 11) is 0. The second-order valence-corrected chi connectivity index (χ2v) is 5.88. The Labute approximate surface area is 108 Å². The number of nitrogens with one attached hydrogen (secondary N) is 1. The average molecular weight is 240 g/mol. The van der Waals surface area contributed by atoms with Crippen molar-refractivity contribution in [3.63, 3.8) is 0 Å². The Morgan fingerprint density at radius 2 is 1.65 bits per heavy atom. The van der Waals surface area contributed by atoms with E-state index in [2.05, 4.69) is 19.3 Å². The van der Waals surface area contributed by atoms with Gasteiger partial charge in [0.05, 0.1) is 0 Å². The lowest BCUT2D eigenvalue weighted by atomic mass is 9.87. The third-order valence-electron chi connectivity index (χ3n) is 4.60. The first kappa shape index (κ1) is 15.0. The molecule has 17 heavy (non-hydrogen) atoms. The summed E-state index contributed by atoms with van der Waals surface area (Å²) in [6, 6.07) is 0.544. The lowest BCUT2D eigenvalue weighted by molar-refractivity contribution is 0.298. The van der Waals surface area contributed by atoms with E-state index in [1.165, 1.54) is 64.2 Å². The standard InChI is InChI=1S/C15H32N2/c1-3-13(4-2)11-15(17-16)12-14-9-7-5-6-8-10-14/h13-15,17H,3-12,16H2,1-2H3. The van der Waals surface area contributed by atoms with E-state index in [0.717, 1.165) is 11.8 Å². The van der Waals surface area contributed by atoms with Gasteiger partial charge in [0, 0.05) is 6.04 Å². The van der Waals surface area contributed by atoms with Crippen molar-refractivity contribution in [2.45, 2.75) is 84.1 Å². The molecule has 0 saturated heterocycles. The topological polar surface area (TPSA) is 38.0 Å². The van der Waals surface area contributed by atoms with E-state index >= 15 is 0 Å². The summed E-state index contributed by atoms with van der Waals surface area (Å²) < 4.78 is 0. The monoisotopic (exact) mass is 240 g/mol. The van der Waals surface area contributed by atoms with E-state index in [1.54, 1.807) is 0 Å². The molecule has 0 aromatic rings. The van der Waals surface area contributed by atoms with Crippen LogP contribution in [-0.4, -0.2) is 6.04 Å². The Hall–Kier alpha value is -0.0800. The van der Waals surface area contributed by atoms with Crippen LogP contribution in [0.3, 0.4) is 0 Å². The van der Waals surface area contributed by atoms with Crippen molar-refractivity contribution in [2.24, 2.45) is 17.7 Å². The van der Waals surface area contributed by atoms with Crippen LogP contribution in [0.25, 0.3) is 0 Å². The van der Waals surface area contributed by atoms with E-state index in [0.29, 0.717) is 6.04 Å². The number of rotatable bonds is 7. The zero-order valence-corrected chi connectivity index (χ0v) is 11.9. The summed E-state index contributed by atoms with van der Waals surface area (Å²) in [5.41, 5.74) is 3.07. The van der Waals surface area contributed by atoms with Gasteiger partial charge in [-0.05, 0) is 24.7 Å². The van der Waals surface area contributed by atoms with Crippen molar-refractivity contribution in [1.82, 2.24) is 5.43 Å². The second-order valence-electron chi connectivity index (χ2n) is 5.88. The lowest BCUT2D eigenvalue weighted by Gasteiger charge is -2.25. The van der Waals surface area contributed by atoms with Crippen LogP contribution in [0.5, 0.6) is 0 Å². The molecule has 0 aromatic carbocycles. The normalized spacial score (nSPS) is 20.5. The van der Waals surface area contributed by atoms with Crippen molar-refractivity contribution < 1.29 is 0 Å². The van der Waals surface area contributed by atoms with Gasteiger partial charge in [0.15, 0.2) is 0 Å². The van der Waals surface area contributed by atoms with Crippen molar-refractivity contribution in [1.29, 1.82) is 0 Å². The van der Waals surface area contributed by atoms with Crippen LogP contribution < -0.4 is 11.3 Å². The fraction of sp³-hybridized carbons (Fsp3) is 1.00. The van der Waals surface area contributed by atoms with Gasteiger partial charge in [-0.3, -0.25) is 11.3 Å². The molecule has 2 nitrogen and oxygen atoms in total. The maximum atomic E-state index is 5.74. The number of nitrogens with two attached hydrogens (primary N) is 1. The molecular formula is C15H32N2. The van der Waals surface area contributed by atoms with Crippen LogP contribution in [0.4, 0.5) is 0 Å². The molecular weight excluding hydrogens is 208 g/mol. The highest BCUT2D eigenvalue weighted by Crippen LogP contribution is 2.28. The van der Waals surface area contributed by atoms with Crippen LogP contribution in [-0.2, 0) is 0 Å². The summed E-state index contributed by atoms with van der Waals surface area (Å²) in [6.07, 6.45) is 13.8. The van der Waals surface area contributed by atoms with Gasteiger partial charge in [-0.2, -0.15) is 0 Å². The second kappa shape index (κ2) is 8.93. The molecule has 0 aliphatic heterocycles. The molecule has 0 aromatic heterocycles. The summed E-state index contributed by atoms with van der Waals surface area (Å²) >= 11 is 0. The van der Waals surface area contributed by atoms with Gasteiger partial charge in [-0.25, -0.2) is 0 Å². The maximum absolute atomic E-state index is 5.74. The van der Waals surface area contributed by atoms with Crippen molar-refractivity contribution in [2.75, 3.05) is 0 Å². The molecule has 1 aliphatic carbocycles. The molecule has 0 spiro atoms. The van der Waals surface area contributed by atoms with Crippen LogP contribution in [0, 0.1) is 11.8 Å². The lowest BCUT2D eigenvalue weighted by Crippen LogP contribution is -2.38. The molecule has 0 bridgehead atoms. The molecule has 1 aliphatic rings. The fourth-order valence-electron chi connectivity index (χ4n) is 3.26. The Bertz CT molecular complexity index is 170. The molecule has 3 N–H and O–H groups in total. The minimum atomic E-state index is 0.544. The third-order valence-corrected chi connectivity index (χ3v) is 4.60. The Morgan fingerprint density at radius 1 is 1.06 bits per heavy atom. The van der Waals surface area contributed by atoms with E-state index in [4.69, 9.17) is 5.84 Å². The third kappa shape index (κ3) is 5.87. The minimum absolute atomic E-state index is 0.544. The molecule has 0 heterocycles. The average Bonchev–Trinajstić information content (AvgIpc) is 2.62. The predicted octanol–water partition coefficient (Wildman–Crippen LogP) is 4.01. The zero-order valence-electron chi connectivity index (χ0n) is 11.9. The maximum Gasteiger partial charge on any atom is 0.0215 e. The van der Waals surface area contributed by atoms with Gasteiger partial charge in [0.1, 0.15) is 0 Å². The molecule has 1 unspecified atom stereocenters. The van der Waals surface area contributed by atoms with Crippen LogP contribution in [0.1, 0.15) is 78.1 Å². The van der Waals surface area contributed by atoms with Gasteiger partial charge in [0.2, 0.25) is 0 Å². The molecule has 2 heteroatoms. The highest BCUT2D eigenvalue weighted by atomic mass is 15.2. The van der Waals surface area contributed by atoms with Gasteiger partial charge in [0.25, 0.3) is 0 Å². The number of hydrogen-bond donors (Lipinski definition) is 2. The SMILES string of the molecule is CCC(CC)CC(CC1CCCCCC1)NN. The van der Waals surface area contributed by atoms with Crippen molar-refractivity contribution in [3.8, 4) is 0 Å². The number of hydrogen-bond acceptors (Lipinski definition) is 2. The summed E-state index contributed by atoms with van der Waals surface area (Å²) in [4.78, 5) is 0. The summed E-state index contributed by atoms with van der Waals surface area (Å²) in [5.74, 6) is 7.51. The van der Waals surface area contributed by atoms with Crippen LogP contribution >= 0.6 is 0 Å². The first-order valence-electron chi connectivity index (χ1n) is 7.76. The van der Waals surface area contributed by atoms with Crippen LogP contribution in [0.15, 0.2) is 0 Å². The highest BCUT2D eigenvalue weighted by Gasteiger charge is 2.19. The Morgan fingerprint density at radius 3 is 2.12 bits per heavy atom. The van der Waals surface area contributed by atoms with E-state index < -0.39 is 0 Å². The molecule has 0 radical (unpaired) electrons. The highest BCUT2D eigenvalue weighted by molar-refractivity contribution is 4.74. The fourth-order valence-corrected chi connectivity index (χ4v) is 3.26. The molecule has 1 fully saturated rings. The van der Waals surface area contributed by atoms with Gasteiger partial charge in [-0.1, -0.05) is 65.2 Å². The quantitative estimate of drug-likeness (QED) is 0.401. The largest absolute Gasteiger partial charge is 0.271 e. The molecule has 1 saturated carbocycles. The van der Waals surface area contributed by atoms with E-state index in [-0.39, 0.29) is 0 Å². The van der Waals surface area contributed by atoms with E-state index in [9.17, 15) is 0 Å². The molecule has 1 rings (SSSR count). The molecule has 102 valence electrons. The summed E-state index contributed by atoms with van der Waals surface area (Å²) in [5, 5.41) is 0. The Kier molecular flexibility index (Phi) is 7.87. The first-order valence-corrected chi connectivity index (χ1v) is 7.76. The predicted molar refractivity (Wildman–Crippen MR) is 75.6 cm³/mol. The zero-order chi connectivity index (χ0) is 12.5. The molecule has 1 atom stereocenters. The smallest absolute Gasteiger partial charge is 0.0215 e. The van der Waals surface area contributed by atoms with Gasteiger partial charge >= 0.3 is 0 Å². The van der Waals surface area contributed by atoms with Gasteiger partial charge in [-0.15, -0.1) is 0 Å². The number of hydrazine groups is 1. The van der Waals surface area contributed by atoms with Gasteiger partial charge < -0.3 is 0 Å². The van der Waals surface area contributed by atoms with Crippen molar-refractivity contribution in [3.05, 3.63) is 0 Å².